The molecule has 4 heterocycles. The van der Waals surface area contributed by atoms with Gasteiger partial charge < -0.3 is 35.2 Å². The molecule has 2 fully saturated rings. The summed E-state index contributed by atoms with van der Waals surface area (Å²) in [4.78, 5) is 90.6. The number of hydrogen-bond acceptors (Lipinski definition) is 13. The molecule has 7 rings (SSSR count). The lowest BCUT2D eigenvalue weighted by Crippen LogP contribution is -2.55. The van der Waals surface area contributed by atoms with Crippen molar-refractivity contribution in [2.75, 3.05) is 67.0 Å². The highest BCUT2D eigenvalue weighted by Crippen LogP contribution is 2.40. The number of piperidine rings is 1. The summed E-state index contributed by atoms with van der Waals surface area (Å²) in [6.45, 7) is 5.78. The van der Waals surface area contributed by atoms with E-state index in [1.165, 1.54) is 0 Å². The molecular weight excluding hydrogens is 747 g/mol. The molecule has 2 aromatic carbocycles. The predicted molar refractivity (Wildman–Crippen MR) is 214 cm³/mol. The van der Waals surface area contributed by atoms with E-state index in [-0.39, 0.29) is 54.5 Å². The number of likely N-dealkylation sites (N-methyl/N-ethyl adjacent to an activating group) is 1. The maximum Gasteiger partial charge on any atom is 0.264 e. The van der Waals surface area contributed by atoms with Crippen LogP contribution in [0, 0.1) is 6.92 Å². The monoisotopic (exact) mass is 795 g/mol. The lowest BCUT2D eigenvalue weighted by Gasteiger charge is -2.43. The summed E-state index contributed by atoms with van der Waals surface area (Å²) < 4.78 is 11.3. The minimum atomic E-state index is -1.03. The molecule has 3 aromatic rings. The van der Waals surface area contributed by atoms with Gasteiger partial charge in [-0.3, -0.25) is 39.0 Å². The summed E-state index contributed by atoms with van der Waals surface area (Å²) in [5.41, 5.74) is 3.66. The van der Waals surface area contributed by atoms with Crippen molar-refractivity contribution < 1.29 is 38.2 Å². The van der Waals surface area contributed by atoms with E-state index in [0.29, 0.717) is 62.2 Å². The number of fused-ring (bicyclic) bond motifs is 2. The highest BCUT2D eigenvalue weighted by atomic mass is 16.5. The minimum absolute atomic E-state index is 0.0516. The Bertz CT molecular complexity index is 2100. The third kappa shape index (κ3) is 8.22. The largest absolute Gasteiger partial charge is 0.382 e. The molecule has 17 nitrogen and oxygen atoms in total. The Morgan fingerprint density at radius 3 is 2.41 bits per heavy atom. The van der Waals surface area contributed by atoms with E-state index in [0.717, 1.165) is 47.7 Å². The smallest absolute Gasteiger partial charge is 0.264 e. The number of ether oxygens (including phenoxy) is 2. The van der Waals surface area contributed by atoms with Gasteiger partial charge in [0.25, 0.3) is 17.7 Å². The normalized spacial score (nSPS) is 19.4. The van der Waals surface area contributed by atoms with E-state index in [1.807, 2.05) is 19.9 Å². The number of aromatic nitrogens is 2. The van der Waals surface area contributed by atoms with Gasteiger partial charge in [-0.25, -0.2) is 4.98 Å². The standard InChI is InChI=1S/C41H49N9O8/c1-4-30-39(55)48(3)32-23-44-41(47-35(32)49(30)26-8-5-6-9-26)45-28-13-12-25(22-24(28)2)36(52)43-17-19-58-21-20-57-18-16-42-29-11-7-10-27-34(29)40(56)50(38(27)54)31-14-15-33(51)46-37(31)53/h7,10-13,22-23,26,30-31,42H,4-6,8-9,14-21H2,1-3H3,(H,43,52)(H,44,45,47)(H,46,51,53)/t30-,31?/m1/s1. The molecule has 306 valence electrons. The van der Waals surface area contributed by atoms with Gasteiger partial charge in [-0.1, -0.05) is 25.8 Å². The molecule has 4 aliphatic rings. The Labute approximate surface area is 336 Å². The average molecular weight is 796 g/mol. The van der Waals surface area contributed by atoms with E-state index in [4.69, 9.17) is 14.5 Å². The van der Waals surface area contributed by atoms with Crippen LogP contribution >= 0.6 is 0 Å². The number of nitrogens with zero attached hydrogens (tertiary/aromatic N) is 5. The third-order valence-corrected chi connectivity index (χ3v) is 11.1. The summed E-state index contributed by atoms with van der Waals surface area (Å²) in [6.07, 6.45) is 6.89. The number of nitrogens with one attached hydrogen (secondary N) is 4. The molecule has 1 saturated carbocycles. The molecule has 1 aromatic heterocycles. The zero-order valence-corrected chi connectivity index (χ0v) is 33.0. The number of hydrogen-bond donors (Lipinski definition) is 4. The first-order chi connectivity index (χ1) is 28.1. The lowest BCUT2D eigenvalue weighted by molar-refractivity contribution is -0.136. The van der Waals surface area contributed by atoms with Gasteiger partial charge in [0.2, 0.25) is 23.7 Å². The molecule has 4 N–H and O–H groups in total. The van der Waals surface area contributed by atoms with Crippen molar-refractivity contribution in [3.63, 3.8) is 0 Å². The summed E-state index contributed by atoms with van der Waals surface area (Å²) in [5, 5.41) is 11.5. The molecule has 1 saturated heterocycles. The van der Waals surface area contributed by atoms with E-state index in [1.54, 1.807) is 48.5 Å². The van der Waals surface area contributed by atoms with E-state index >= 15 is 0 Å². The molecule has 0 spiro atoms. The molecule has 58 heavy (non-hydrogen) atoms. The zero-order valence-electron chi connectivity index (χ0n) is 33.0. The Morgan fingerprint density at radius 2 is 1.69 bits per heavy atom. The fraction of sp³-hybridized carbons (Fsp3) is 0.463. The molecule has 6 amide bonds. The first kappa shape index (κ1) is 40.3. The summed E-state index contributed by atoms with van der Waals surface area (Å²) in [5.74, 6) is -1.20. The van der Waals surface area contributed by atoms with Crippen LogP contribution in [0.3, 0.4) is 0 Å². The highest BCUT2D eigenvalue weighted by Gasteiger charge is 2.46. The number of carbonyl (C=O) groups excluding carboxylic acids is 6. The molecule has 0 bridgehead atoms. The molecule has 1 unspecified atom stereocenters. The Balaban J connectivity index is 0.821. The topological polar surface area (TPSA) is 204 Å². The van der Waals surface area contributed by atoms with E-state index in [2.05, 4.69) is 31.2 Å². The summed E-state index contributed by atoms with van der Waals surface area (Å²) >= 11 is 0. The van der Waals surface area contributed by atoms with Gasteiger partial charge in [-0.15, -0.1) is 0 Å². The van der Waals surface area contributed by atoms with Crippen LogP contribution < -0.4 is 31.1 Å². The van der Waals surface area contributed by atoms with Gasteiger partial charge in [0.1, 0.15) is 17.8 Å². The quantitative estimate of drug-likeness (QED) is 0.122. The molecular formula is C41H49N9O8. The predicted octanol–water partition coefficient (Wildman–Crippen LogP) is 3.31. The summed E-state index contributed by atoms with van der Waals surface area (Å²) in [7, 11) is 1.78. The van der Waals surface area contributed by atoms with Gasteiger partial charge in [-0.05, 0) is 68.5 Å². The second-order valence-electron chi connectivity index (χ2n) is 14.8. The molecule has 1 aliphatic carbocycles. The first-order valence-corrected chi connectivity index (χ1v) is 19.9. The Morgan fingerprint density at radius 1 is 0.931 bits per heavy atom. The van der Waals surface area contributed by atoms with Crippen LogP contribution in [-0.2, 0) is 23.9 Å². The number of benzene rings is 2. The molecule has 3 aliphatic heterocycles. The number of amides is 6. The van der Waals surface area contributed by atoms with Crippen LogP contribution in [0.4, 0.5) is 28.8 Å². The van der Waals surface area contributed by atoms with Gasteiger partial charge >= 0.3 is 0 Å². The zero-order chi connectivity index (χ0) is 40.9. The van der Waals surface area contributed by atoms with Crippen LogP contribution in [0.2, 0.25) is 0 Å². The van der Waals surface area contributed by atoms with Crippen molar-refractivity contribution in [1.82, 2.24) is 25.5 Å². The fourth-order valence-corrected chi connectivity index (χ4v) is 8.09. The average Bonchev–Trinajstić information content (AvgIpc) is 3.84. The van der Waals surface area contributed by atoms with Crippen LogP contribution in [0.15, 0.2) is 42.6 Å². The van der Waals surface area contributed by atoms with E-state index < -0.39 is 29.7 Å². The van der Waals surface area contributed by atoms with Gasteiger partial charge in [0.05, 0.1) is 43.8 Å². The van der Waals surface area contributed by atoms with Crippen molar-refractivity contribution in [3.8, 4) is 0 Å². The number of carbonyl (C=O) groups is 6. The van der Waals surface area contributed by atoms with Crippen molar-refractivity contribution in [2.45, 2.75) is 76.9 Å². The third-order valence-electron chi connectivity index (χ3n) is 11.1. The fourth-order valence-electron chi connectivity index (χ4n) is 8.09. The molecule has 0 radical (unpaired) electrons. The Kier molecular flexibility index (Phi) is 12.3. The number of rotatable bonds is 16. The van der Waals surface area contributed by atoms with Crippen molar-refractivity contribution in [3.05, 3.63) is 64.8 Å². The van der Waals surface area contributed by atoms with Crippen LogP contribution in [0.5, 0.6) is 0 Å². The maximum absolute atomic E-state index is 13.2. The summed E-state index contributed by atoms with van der Waals surface area (Å²) in [6, 6.07) is 9.23. The van der Waals surface area contributed by atoms with Gasteiger partial charge in [-0.2, -0.15) is 4.98 Å². The Hall–Kier alpha value is -5.94. The van der Waals surface area contributed by atoms with Crippen LogP contribution in [0.1, 0.15) is 88.5 Å². The van der Waals surface area contributed by atoms with Gasteiger partial charge in [0.15, 0.2) is 5.82 Å². The minimum Gasteiger partial charge on any atom is -0.382 e. The lowest BCUT2D eigenvalue weighted by atomic mass is 10.0. The van der Waals surface area contributed by atoms with Crippen molar-refractivity contribution in [2.24, 2.45) is 0 Å². The highest BCUT2D eigenvalue weighted by molar-refractivity contribution is 6.25. The van der Waals surface area contributed by atoms with Crippen molar-refractivity contribution >= 4 is 64.3 Å². The van der Waals surface area contributed by atoms with Crippen LogP contribution in [-0.4, -0.2) is 115 Å². The number of aryl methyl sites for hydroxylation is 1. The second-order valence-corrected chi connectivity index (χ2v) is 14.8. The number of anilines is 5. The maximum atomic E-state index is 13.2. The van der Waals surface area contributed by atoms with Gasteiger partial charge in [0, 0.05) is 49.5 Å². The van der Waals surface area contributed by atoms with Crippen molar-refractivity contribution in [1.29, 1.82) is 0 Å². The second kappa shape index (κ2) is 17.7. The molecule has 17 heteroatoms. The van der Waals surface area contributed by atoms with E-state index in [9.17, 15) is 28.8 Å². The number of imide groups is 2. The SMILES string of the molecule is CC[C@@H]1C(=O)N(C)c2cnc(Nc3ccc(C(=O)NCCOCCOCCNc4cccc5c4C(=O)N(C4CCC(=O)NC4=O)C5=O)cc3C)nc2N1C1CCCC1. The molecule has 2 atom stereocenters. The van der Waals surface area contributed by atoms with Crippen LogP contribution in [0.25, 0.3) is 0 Å². The first-order valence-electron chi connectivity index (χ1n) is 19.9.